The van der Waals surface area contributed by atoms with E-state index in [1.807, 2.05) is 0 Å². The van der Waals surface area contributed by atoms with Crippen LogP contribution in [0.25, 0.3) is 187 Å². The molecule has 0 aliphatic carbocycles. The summed E-state index contributed by atoms with van der Waals surface area (Å²) < 4.78 is 14.2. The van der Waals surface area contributed by atoms with E-state index in [9.17, 15) is 0 Å². The van der Waals surface area contributed by atoms with Crippen molar-refractivity contribution >= 4 is 131 Å². The van der Waals surface area contributed by atoms with E-state index in [2.05, 4.69) is 440 Å². The lowest BCUT2D eigenvalue weighted by Crippen LogP contribution is -1.98. The maximum absolute atomic E-state index is 2.38. The SMILES string of the molecule is c1cc(-c2cccc(-n3c4ccccc4c4ccccc43)c2)cc(-n2c3ccccc3c3ccccc32)c1.c1cc(-n2c3ccccc3c3ccccc32)cc(-n2c3ccccc3c3ccccc32)c1.c1ccc2c(c1)c1ccccc1n2-c1ccc(-c2ccc(-n3c4ccccc4c4ccccc43)cc2)cc1. The summed E-state index contributed by atoms with van der Waals surface area (Å²) in [4.78, 5) is 0. The first kappa shape index (κ1) is 62.1. The van der Waals surface area contributed by atoms with E-state index < -0.39 is 0 Å². The minimum absolute atomic E-state index is 1.17. The minimum atomic E-state index is 1.17. The van der Waals surface area contributed by atoms with E-state index in [0.29, 0.717) is 0 Å². The Kier molecular flexibility index (Phi) is 14.8. The molecule has 0 saturated carbocycles. The summed E-state index contributed by atoms with van der Waals surface area (Å²) in [6, 6.07) is 148. The standard InChI is InChI=1S/2C36H24N2.C30H20N2/c1-5-19-33-29(15-1)30-16-2-6-20-34(30)37(33)27-13-9-11-25(23-27)26-12-10-14-28(24-26)38-35-21-7-3-17-31(35)32-18-4-8-22-36(32)38;1-5-13-33-29(9-1)30-10-2-6-14-34(30)37(33)27-21-17-25(18-22-27)26-19-23-28(24-20-26)38-35-15-7-3-11-31(35)32-12-4-8-16-36(32)38;1-5-16-27-23(12-1)24-13-2-6-17-28(24)31(27)21-10-9-11-22(20-21)32-29-18-7-3-14-25(29)26-15-4-8-19-30(26)32/h2*1-24H;1-20H. The van der Waals surface area contributed by atoms with Crippen molar-refractivity contribution in [1.82, 2.24) is 27.4 Å². The molecular weight excluding hydrogens is 1310 g/mol. The van der Waals surface area contributed by atoms with Crippen LogP contribution in [0, 0.1) is 0 Å². The molecule has 6 nitrogen and oxygen atoms in total. The predicted octanol–water partition coefficient (Wildman–Crippen LogP) is 27.0. The van der Waals surface area contributed by atoms with Gasteiger partial charge in [0.15, 0.2) is 0 Å². The Bertz CT molecular complexity index is 6670. The maximum Gasteiger partial charge on any atom is 0.0541 e. The summed E-state index contributed by atoms with van der Waals surface area (Å²) in [6.07, 6.45) is 0. The molecule has 0 unspecified atom stereocenters. The summed E-state index contributed by atoms with van der Waals surface area (Å²) in [5.41, 5.74) is 26.6. The lowest BCUT2D eigenvalue weighted by atomic mass is 10.0. The van der Waals surface area contributed by atoms with E-state index >= 15 is 0 Å². The maximum atomic E-state index is 2.38. The molecule has 0 aliphatic heterocycles. The van der Waals surface area contributed by atoms with Gasteiger partial charge in [0, 0.05) is 98.8 Å². The second-order valence-corrected chi connectivity index (χ2v) is 27.9. The Hall–Kier alpha value is -14.5. The second kappa shape index (κ2) is 25.7. The van der Waals surface area contributed by atoms with Crippen LogP contribution in [0.5, 0.6) is 0 Å². The highest BCUT2D eigenvalue weighted by Crippen LogP contribution is 2.41. The van der Waals surface area contributed by atoms with E-state index in [4.69, 9.17) is 0 Å². The highest BCUT2D eigenvalue weighted by molar-refractivity contribution is 6.14. The van der Waals surface area contributed by atoms with Crippen molar-refractivity contribution in [2.45, 2.75) is 0 Å². The highest BCUT2D eigenvalue weighted by atomic mass is 15.0. The third kappa shape index (κ3) is 10.2. The van der Waals surface area contributed by atoms with Crippen molar-refractivity contribution in [2.24, 2.45) is 0 Å². The first-order valence-electron chi connectivity index (χ1n) is 37.1. The molecule has 6 heterocycles. The molecular formula is C102H68N6. The number of para-hydroxylation sites is 12. The number of rotatable bonds is 8. The number of hydrogen-bond donors (Lipinski definition) is 0. The van der Waals surface area contributed by atoms with Crippen molar-refractivity contribution in [1.29, 1.82) is 0 Å². The fourth-order valence-corrected chi connectivity index (χ4v) is 17.2. The summed E-state index contributed by atoms with van der Waals surface area (Å²) >= 11 is 0. The average Bonchev–Trinajstić information content (AvgIpc) is 1.62. The van der Waals surface area contributed by atoms with Gasteiger partial charge in [-0.1, -0.05) is 273 Å². The molecule has 0 saturated heterocycles. The fourth-order valence-electron chi connectivity index (χ4n) is 17.2. The lowest BCUT2D eigenvalue weighted by molar-refractivity contribution is 1.13. The van der Waals surface area contributed by atoms with Crippen molar-refractivity contribution in [3.05, 3.63) is 413 Å². The van der Waals surface area contributed by atoms with Crippen LogP contribution >= 0.6 is 0 Å². The number of fused-ring (bicyclic) bond motifs is 18. The van der Waals surface area contributed by atoms with Gasteiger partial charge in [-0.3, -0.25) is 0 Å². The molecule has 108 heavy (non-hydrogen) atoms. The topological polar surface area (TPSA) is 29.6 Å². The van der Waals surface area contributed by atoms with Crippen molar-refractivity contribution in [3.8, 4) is 56.4 Å². The third-order valence-electron chi connectivity index (χ3n) is 22.0. The van der Waals surface area contributed by atoms with Crippen molar-refractivity contribution in [2.75, 3.05) is 0 Å². The molecule has 0 N–H and O–H groups in total. The Morgan fingerprint density at radius 2 is 0.259 bits per heavy atom. The molecule has 17 aromatic carbocycles. The molecule has 0 atom stereocenters. The monoisotopic (exact) mass is 1380 g/mol. The molecule has 6 aromatic heterocycles. The number of aromatic nitrogens is 6. The normalized spacial score (nSPS) is 11.7. The van der Waals surface area contributed by atoms with Gasteiger partial charge in [0.2, 0.25) is 0 Å². The van der Waals surface area contributed by atoms with Crippen molar-refractivity contribution in [3.63, 3.8) is 0 Å². The summed E-state index contributed by atoms with van der Waals surface area (Å²) in [6.45, 7) is 0. The van der Waals surface area contributed by atoms with Gasteiger partial charge < -0.3 is 27.4 Å². The first-order chi connectivity index (χ1) is 53.6. The van der Waals surface area contributed by atoms with Gasteiger partial charge in [0.25, 0.3) is 0 Å². The Balaban J connectivity index is 0.000000104. The van der Waals surface area contributed by atoms with Crippen LogP contribution in [0.15, 0.2) is 413 Å². The van der Waals surface area contributed by atoms with E-state index in [1.165, 1.54) is 187 Å². The number of nitrogens with zero attached hydrogens (tertiary/aromatic N) is 6. The molecule has 23 rings (SSSR count). The van der Waals surface area contributed by atoms with Gasteiger partial charge >= 0.3 is 0 Å². The molecule has 23 aromatic rings. The Labute approximate surface area is 623 Å². The minimum Gasteiger partial charge on any atom is -0.309 e. The molecule has 0 bridgehead atoms. The van der Waals surface area contributed by atoms with E-state index in [0.717, 1.165) is 0 Å². The smallest absolute Gasteiger partial charge is 0.0541 e. The lowest BCUT2D eigenvalue weighted by Gasteiger charge is -2.12. The van der Waals surface area contributed by atoms with Crippen LogP contribution in [0.4, 0.5) is 0 Å². The zero-order chi connectivity index (χ0) is 71.2. The molecule has 0 amide bonds. The zero-order valence-corrected chi connectivity index (χ0v) is 58.9. The Morgan fingerprint density at radius 1 is 0.102 bits per heavy atom. The molecule has 0 fully saturated rings. The summed E-state index contributed by atoms with van der Waals surface area (Å²) in [7, 11) is 0. The van der Waals surface area contributed by atoms with Gasteiger partial charge in [0.05, 0.1) is 66.2 Å². The highest BCUT2D eigenvalue weighted by Gasteiger charge is 2.20. The van der Waals surface area contributed by atoms with Crippen LogP contribution in [0.3, 0.4) is 0 Å². The van der Waals surface area contributed by atoms with Crippen LogP contribution in [-0.4, -0.2) is 27.4 Å². The quantitative estimate of drug-likeness (QED) is 0.145. The fraction of sp³-hybridized carbons (Fsp3) is 0. The first-order valence-corrected chi connectivity index (χ1v) is 37.1. The summed E-state index contributed by atoms with van der Waals surface area (Å²) in [5, 5.41) is 15.4. The predicted molar refractivity (Wildman–Crippen MR) is 456 cm³/mol. The van der Waals surface area contributed by atoms with Crippen LogP contribution in [-0.2, 0) is 0 Å². The molecule has 0 radical (unpaired) electrons. The van der Waals surface area contributed by atoms with E-state index in [1.54, 1.807) is 0 Å². The largest absolute Gasteiger partial charge is 0.309 e. The van der Waals surface area contributed by atoms with Crippen LogP contribution in [0.1, 0.15) is 0 Å². The third-order valence-corrected chi connectivity index (χ3v) is 22.0. The molecule has 6 heteroatoms. The van der Waals surface area contributed by atoms with Gasteiger partial charge in [0.1, 0.15) is 0 Å². The zero-order valence-electron chi connectivity index (χ0n) is 58.9. The second-order valence-electron chi connectivity index (χ2n) is 27.9. The van der Waals surface area contributed by atoms with Crippen LogP contribution < -0.4 is 0 Å². The molecule has 0 spiro atoms. The number of benzene rings is 17. The van der Waals surface area contributed by atoms with Gasteiger partial charge in [-0.05, 0) is 162 Å². The molecule has 506 valence electrons. The van der Waals surface area contributed by atoms with Gasteiger partial charge in [-0.2, -0.15) is 0 Å². The van der Waals surface area contributed by atoms with Crippen LogP contribution in [0.2, 0.25) is 0 Å². The summed E-state index contributed by atoms with van der Waals surface area (Å²) in [5.74, 6) is 0. The Morgan fingerprint density at radius 3 is 0.454 bits per heavy atom. The average molecular weight is 1380 g/mol. The number of hydrogen-bond acceptors (Lipinski definition) is 0. The molecule has 0 aliphatic rings. The van der Waals surface area contributed by atoms with E-state index in [-0.39, 0.29) is 0 Å². The van der Waals surface area contributed by atoms with Crippen molar-refractivity contribution < 1.29 is 0 Å². The van der Waals surface area contributed by atoms with Gasteiger partial charge in [-0.15, -0.1) is 0 Å². The van der Waals surface area contributed by atoms with Gasteiger partial charge in [-0.25, -0.2) is 0 Å².